The smallest absolute Gasteiger partial charge is 0.215 e. The highest BCUT2D eigenvalue weighted by atomic mass is 16.5. The van der Waals surface area contributed by atoms with Crippen LogP contribution in [-0.4, -0.2) is 42.2 Å². The lowest BCUT2D eigenvalue weighted by Crippen LogP contribution is -2.22. The van der Waals surface area contributed by atoms with E-state index >= 15 is 0 Å². The largest absolute Gasteiger partial charge is 0.473 e. The Labute approximate surface area is 103 Å². The molecule has 0 aliphatic carbocycles. The van der Waals surface area contributed by atoms with Crippen LogP contribution in [0.5, 0.6) is 5.88 Å². The van der Waals surface area contributed by atoms with Gasteiger partial charge in [-0.3, -0.25) is 0 Å². The first-order valence-electron chi connectivity index (χ1n) is 6.22. The van der Waals surface area contributed by atoms with Crippen LogP contribution < -0.4 is 10.1 Å². The van der Waals surface area contributed by atoms with Crippen molar-refractivity contribution in [2.75, 3.05) is 25.5 Å². The van der Waals surface area contributed by atoms with Crippen molar-refractivity contribution in [2.45, 2.75) is 32.4 Å². The second kappa shape index (κ2) is 5.36. The van der Waals surface area contributed by atoms with E-state index in [0.717, 1.165) is 31.2 Å². The van der Waals surface area contributed by atoms with Crippen LogP contribution in [-0.2, 0) is 0 Å². The van der Waals surface area contributed by atoms with Crippen molar-refractivity contribution in [2.24, 2.45) is 0 Å². The highest BCUT2D eigenvalue weighted by molar-refractivity contribution is 5.37. The van der Waals surface area contributed by atoms with Crippen molar-refractivity contribution in [1.82, 2.24) is 9.88 Å². The van der Waals surface area contributed by atoms with Crippen LogP contribution in [0.2, 0.25) is 0 Å². The fourth-order valence-electron chi connectivity index (χ4n) is 2.02. The number of likely N-dealkylation sites (N-methyl/N-ethyl adjacent to an activating group) is 1. The molecule has 1 aliphatic heterocycles. The highest BCUT2D eigenvalue weighted by Crippen LogP contribution is 2.17. The van der Waals surface area contributed by atoms with Crippen molar-refractivity contribution < 1.29 is 4.74 Å². The number of nitrogens with one attached hydrogen (secondary N) is 1. The molecule has 17 heavy (non-hydrogen) atoms. The van der Waals surface area contributed by atoms with Gasteiger partial charge in [-0.2, -0.15) is 4.98 Å². The van der Waals surface area contributed by atoms with Crippen molar-refractivity contribution >= 4 is 5.82 Å². The summed E-state index contributed by atoms with van der Waals surface area (Å²) in [5.41, 5.74) is 0. The summed E-state index contributed by atoms with van der Waals surface area (Å²) in [6.07, 6.45) is 1.36. The maximum Gasteiger partial charge on any atom is 0.215 e. The Bertz CT molecular complexity index is 367. The second-order valence-corrected chi connectivity index (χ2v) is 4.95. The third-order valence-electron chi connectivity index (χ3n) is 2.80. The number of rotatable bonds is 4. The third kappa shape index (κ3) is 3.60. The van der Waals surface area contributed by atoms with Crippen LogP contribution in [0.15, 0.2) is 18.2 Å². The summed E-state index contributed by atoms with van der Waals surface area (Å²) in [5.74, 6) is 1.60. The predicted octanol–water partition coefficient (Wildman–Crippen LogP) is 1.98. The third-order valence-corrected chi connectivity index (χ3v) is 2.80. The molecule has 4 heteroatoms. The summed E-state index contributed by atoms with van der Waals surface area (Å²) >= 11 is 0. The number of ether oxygens (including phenoxy) is 1. The van der Waals surface area contributed by atoms with Crippen molar-refractivity contribution in [3.05, 3.63) is 18.2 Å². The van der Waals surface area contributed by atoms with Gasteiger partial charge < -0.3 is 15.0 Å². The number of likely N-dealkylation sites (tertiary alicyclic amines) is 1. The standard InChI is InChI=1S/C13H21N3O/c1-10(2)14-12-5-4-6-13(15-12)17-11-7-8-16(3)9-11/h4-6,10-11H,7-9H2,1-3H3,(H,14,15)/t11-/m0/s1. The molecule has 0 unspecified atom stereocenters. The zero-order valence-corrected chi connectivity index (χ0v) is 10.8. The topological polar surface area (TPSA) is 37.4 Å². The molecule has 0 radical (unpaired) electrons. The Balaban J connectivity index is 1.96. The number of pyridine rings is 1. The minimum absolute atomic E-state index is 0.279. The molecule has 0 aromatic carbocycles. The molecule has 0 saturated carbocycles. The van der Waals surface area contributed by atoms with Gasteiger partial charge in [0.1, 0.15) is 11.9 Å². The summed E-state index contributed by atoms with van der Waals surface area (Å²) in [4.78, 5) is 6.73. The molecule has 1 aliphatic rings. The monoisotopic (exact) mass is 235 g/mol. The normalized spacial score (nSPS) is 20.8. The van der Waals surface area contributed by atoms with Gasteiger partial charge in [-0.15, -0.1) is 0 Å². The van der Waals surface area contributed by atoms with Gasteiger partial charge in [0, 0.05) is 25.2 Å². The average Bonchev–Trinajstić information content (AvgIpc) is 2.63. The Morgan fingerprint density at radius 2 is 2.29 bits per heavy atom. The van der Waals surface area contributed by atoms with E-state index in [1.807, 2.05) is 18.2 Å². The van der Waals surface area contributed by atoms with E-state index in [2.05, 4.69) is 36.1 Å². The van der Waals surface area contributed by atoms with Crippen molar-refractivity contribution in [3.63, 3.8) is 0 Å². The molecule has 94 valence electrons. The van der Waals surface area contributed by atoms with E-state index in [4.69, 9.17) is 4.74 Å². The first-order chi connectivity index (χ1) is 8.13. The molecule has 1 N–H and O–H groups in total. The molecule has 2 heterocycles. The fraction of sp³-hybridized carbons (Fsp3) is 0.615. The highest BCUT2D eigenvalue weighted by Gasteiger charge is 2.21. The van der Waals surface area contributed by atoms with Crippen LogP contribution in [0.3, 0.4) is 0 Å². The van der Waals surface area contributed by atoms with Gasteiger partial charge in [-0.25, -0.2) is 0 Å². The molecular formula is C13H21N3O. The molecule has 1 aromatic rings. The average molecular weight is 235 g/mol. The number of hydrogen-bond acceptors (Lipinski definition) is 4. The van der Waals surface area contributed by atoms with E-state index in [-0.39, 0.29) is 6.10 Å². The van der Waals surface area contributed by atoms with E-state index < -0.39 is 0 Å². The summed E-state index contributed by atoms with van der Waals surface area (Å²) < 4.78 is 5.88. The summed E-state index contributed by atoms with van der Waals surface area (Å²) in [7, 11) is 2.12. The quantitative estimate of drug-likeness (QED) is 0.866. The molecule has 0 bridgehead atoms. The maximum atomic E-state index is 5.88. The van der Waals surface area contributed by atoms with E-state index in [9.17, 15) is 0 Å². The molecule has 1 fully saturated rings. The van der Waals surface area contributed by atoms with Crippen LogP contribution in [0.4, 0.5) is 5.82 Å². The number of anilines is 1. The molecule has 2 rings (SSSR count). The number of hydrogen-bond donors (Lipinski definition) is 1. The van der Waals surface area contributed by atoms with E-state index in [0.29, 0.717) is 6.04 Å². The number of aromatic nitrogens is 1. The van der Waals surface area contributed by atoms with E-state index in [1.165, 1.54) is 0 Å². The van der Waals surface area contributed by atoms with Crippen LogP contribution in [0.1, 0.15) is 20.3 Å². The summed E-state index contributed by atoms with van der Waals surface area (Å²) in [6, 6.07) is 6.25. The first-order valence-corrected chi connectivity index (χ1v) is 6.22. The Hall–Kier alpha value is -1.29. The lowest BCUT2D eigenvalue weighted by molar-refractivity contribution is 0.200. The summed E-state index contributed by atoms with van der Waals surface area (Å²) in [6.45, 7) is 6.29. The molecule has 4 nitrogen and oxygen atoms in total. The molecule has 1 atom stereocenters. The second-order valence-electron chi connectivity index (χ2n) is 4.95. The molecule has 0 spiro atoms. The summed E-state index contributed by atoms with van der Waals surface area (Å²) in [5, 5.41) is 3.28. The number of nitrogens with zero attached hydrogens (tertiary/aromatic N) is 2. The van der Waals surface area contributed by atoms with E-state index in [1.54, 1.807) is 0 Å². The molecule has 1 aromatic heterocycles. The minimum atomic E-state index is 0.279. The Morgan fingerprint density at radius 1 is 1.47 bits per heavy atom. The van der Waals surface area contributed by atoms with Gasteiger partial charge in [-0.1, -0.05) is 6.07 Å². The first kappa shape index (κ1) is 12.2. The van der Waals surface area contributed by atoms with Gasteiger partial charge in [0.2, 0.25) is 5.88 Å². The van der Waals surface area contributed by atoms with Gasteiger partial charge in [-0.05, 0) is 33.4 Å². The van der Waals surface area contributed by atoms with Gasteiger partial charge in [0.05, 0.1) is 0 Å². The molecular weight excluding hydrogens is 214 g/mol. The Morgan fingerprint density at radius 3 is 2.94 bits per heavy atom. The lowest BCUT2D eigenvalue weighted by Gasteiger charge is -2.14. The minimum Gasteiger partial charge on any atom is -0.473 e. The van der Waals surface area contributed by atoms with Crippen LogP contribution in [0.25, 0.3) is 0 Å². The SMILES string of the molecule is CC(C)Nc1cccc(O[C@H]2CCN(C)C2)n1. The zero-order valence-electron chi connectivity index (χ0n) is 10.8. The lowest BCUT2D eigenvalue weighted by atomic mass is 10.3. The predicted molar refractivity (Wildman–Crippen MR) is 69.5 cm³/mol. The maximum absolute atomic E-state index is 5.88. The molecule has 1 saturated heterocycles. The fourth-order valence-corrected chi connectivity index (χ4v) is 2.02. The van der Waals surface area contributed by atoms with Gasteiger partial charge in [0.25, 0.3) is 0 Å². The zero-order chi connectivity index (χ0) is 12.3. The van der Waals surface area contributed by atoms with Gasteiger partial charge >= 0.3 is 0 Å². The molecule has 0 amide bonds. The van der Waals surface area contributed by atoms with Crippen molar-refractivity contribution in [1.29, 1.82) is 0 Å². The Kier molecular flexibility index (Phi) is 3.84. The van der Waals surface area contributed by atoms with Crippen LogP contribution >= 0.6 is 0 Å². The van der Waals surface area contributed by atoms with Gasteiger partial charge in [0.15, 0.2) is 0 Å². The van der Waals surface area contributed by atoms with Crippen LogP contribution in [0, 0.1) is 0 Å². The van der Waals surface area contributed by atoms with Crippen molar-refractivity contribution in [3.8, 4) is 5.88 Å².